The Bertz CT molecular complexity index is 3630. The fourth-order valence-electron chi connectivity index (χ4n) is 10.3. The van der Waals surface area contributed by atoms with Crippen molar-refractivity contribution in [2.45, 2.75) is 80.3 Å². The van der Waals surface area contributed by atoms with Crippen molar-refractivity contribution >= 4 is 67.8 Å². The van der Waals surface area contributed by atoms with E-state index < -0.39 is 19.2 Å². The van der Waals surface area contributed by atoms with Gasteiger partial charge in [0.25, 0.3) is 0 Å². The van der Waals surface area contributed by atoms with Crippen LogP contribution in [-0.4, -0.2) is 27.8 Å². The number of furan rings is 1. The molecule has 12 rings (SSSR count). The van der Waals surface area contributed by atoms with E-state index in [1.54, 1.807) is 0 Å². The Kier molecular flexibility index (Phi) is 12.7. The van der Waals surface area contributed by atoms with Crippen LogP contribution in [0.15, 0.2) is 174 Å². The second-order valence-electron chi connectivity index (χ2n) is 20.0. The molecule has 69 heavy (non-hydrogen) atoms. The first-order valence-corrected chi connectivity index (χ1v) is 31.4. The summed E-state index contributed by atoms with van der Waals surface area (Å²) in [5.74, 6) is 5.98. The van der Waals surface area contributed by atoms with Gasteiger partial charge in [-0.3, -0.25) is 4.98 Å². The Balaban J connectivity index is 0.000000217. The minimum atomic E-state index is -1.51. The van der Waals surface area contributed by atoms with Gasteiger partial charge in [0.15, 0.2) is 0 Å². The van der Waals surface area contributed by atoms with Crippen molar-refractivity contribution in [3.05, 3.63) is 199 Å². The molecule has 3 aromatic heterocycles. The van der Waals surface area contributed by atoms with Crippen molar-refractivity contribution in [3.63, 3.8) is 0 Å². The van der Waals surface area contributed by atoms with Gasteiger partial charge < -0.3 is 8.98 Å². The van der Waals surface area contributed by atoms with E-state index in [2.05, 4.69) is 188 Å². The van der Waals surface area contributed by atoms with Crippen LogP contribution in [0.4, 0.5) is 0 Å². The molecule has 345 valence electrons. The van der Waals surface area contributed by atoms with Gasteiger partial charge in [-0.1, -0.05) is 118 Å². The smallest absolute Gasteiger partial charge is 0 e. The molecule has 1 radical (unpaired) electrons. The molecule has 0 aliphatic carbocycles. The van der Waals surface area contributed by atoms with Gasteiger partial charge in [0, 0.05) is 31.2 Å². The van der Waals surface area contributed by atoms with Crippen molar-refractivity contribution in [1.29, 1.82) is 0 Å². The number of imidazole rings is 1. The first-order valence-electron chi connectivity index (χ1n) is 24.8. The Labute approximate surface area is 424 Å². The summed E-state index contributed by atoms with van der Waals surface area (Å²) >= 11 is -1.51. The van der Waals surface area contributed by atoms with Gasteiger partial charge in [-0.25, -0.2) is 0 Å². The molecule has 0 atom stereocenters. The molecule has 11 aromatic rings. The maximum Gasteiger partial charge on any atom is 0 e. The minimum Gasteiger partial charge on any atom is 0 e. The molecule has 4 heterocycles. The van der Waals surface area contributed by atoms with Crippen LogP contribution in [0.2, 0.25) is 22.0 Å². The quantitative estimate of drug-likeness (QED) is 0.0907. The van der Waals surface area contributed by atoms with Crippen molar-refractivity contribution in [2.75, 3.05) is 0 Å². The third-order valence-corrected chi connectivity index (χ3v) is 20.9. The zero-order valence-corrected chi connectivity index (χ0v) is 44.7. The Morgan fingerprint density at radius 1 is 0.652 bits per heavy atom. The second kappa shape index (κ2) is 19.4. The molecule has 1 saturated heterocycles. The van der Waals surface area contributed by atoms with Gasteiger partial charge in [0.1, 0.15) is 5.58 Å². The molecule has 4 nitrogen and oxygen atoms in total. The van der Waals surface area contributed by atoms with Crippen molar-refractivity contribution in [3.8, 4) is 39.5 Å². The van der Waals surface area contributed by atoms with Gasteiger partial charge in [0.05, 0.1) is 22.4 Å². The average Bonchev–Trinajstić information content (AvgIpc) is 3.95. The zero-order valence-electron chi connectivity index (χ0n) is 41.2. The molecule has 1 fully saturated rings. The van der Waals surface area contributed by atoms with Crippen LogP contribution in [0.3, 0.4) is 0 Å². The first-order chi connectivity index (χ1) is 33.4. The molecule has 1 aliphatic rings. The van der Waals surface area contributed by atoms with E-state index in [4.69, 9.17) is 10.8 Å². The molecule has 0 saturated carbocycles. The van der Waals surface area contributed by atoms with Crippen LogP contribution >= 0.6 is 0 Å². The van der Waals surface area contributed by atoms with Gasteiger partial charge in [0.2, 0.25) is 0 Å². The molecule has 0 unspecified atom stereocenters. The van der Waals surface area contributed by atoms with E-state index >= 15 is 0 Å². The number of para-hydroxylation sites is 2. The summed E-state index contributed by atoms with van der Waals surface area (Å²) in [4.78, 5) is 9.90. The Morgan fingerprint density at radius 3 is 2.09 bits per heavy atom. The molecule has 6 heteroatoms. The van der Waals surface area contributed by atoms with Crippen LogP contribution < -0.4 is 0 Å². The molecule has 8 aromatic carbocycles. The van der Waals surface area contributed by atoms with Crippen LogP contribution in [0, 0.1) is 12.1 Å². The zero-order chi connectivity index (χ0) is 47.4. The number of fused-ring (bicyclic) bond motifs is 7. The third-order valence-electron chi connectivity index (χ3n) is 14.2. The van der Waals surface area contributed by atoms with Crippen LogP contribution in [-0.2, 0) is 20.1 Å². The minimum absolute atomic E-state index is 0. The number of hydrogen-bond acceptors (Lipinski definition) is 3. The fraction of sp³-hybridized carbons (Fsp3) is 0.206. The van der Waals surface area contributed by atoms with Gasteiger partial charge in [-0.2, -0.15) is 0 Å². The predicted octanol–water partition coefficient (Wildman–Crippen LogP) is 17.7. The summed E-state index contributed by atoms with van der Waals surface area (Å²) in [5.41, 5.74) is 13.8. The maximum atomic E-state index is 8.80. The predicted molar refractivity (Wildman–Crippen MR) is 289 cm³/mol. The van der Waals surface area contributed by atoms with E-state index in [1.165, 1.54) is 60.0 Å². The fourth-order valence-corrected chi connectivity index (χ4v) is 14.9. The maximum absolute atomic E-state index is 8.80. The van der Waals surface area contributed by atoms with E-state index in [9.17, 15) is 0 Å². The van der Waals surface area contributed by atoms with Crippen molar-refractivity contribution < 1.29 is 25.9 Å². The van der Waals surface area contributed by atoms with Crippen LogP contribution in [0.25, 0.3) is 94.0 Å². The molecular weight excluding hydrogens is 1080 g/mol. The number of aromatic nitrogens is 3. The topological polar surface area (TPSA) is 43.9 Å². The third kappa shape index (κ3) is 9.02. The average molecular weight is 1140 g/mol. The van der Waals surface area contributed by atoms with E-state index in [0.29, 0.717) is 0 Å². The van der Waals surface area contributed by atoms with E-state index in [0.717, 1.165) is 74.0 Å². The summed E-state index contributed by atoms with van der Waals surface area (Å²) in [7, 11) is 0. The largest absolute Gasteiger partial charge is 0 e. The van der Waals surface area contributed by atoms with Crippen molar-refractivity contribution in [1.82, 2.24) is 14.5 Å². The summed E-state index contributed by atoms with van der Waals surface area (Å²) in [5, 5.41) is 9.63. The Hall–Kier alpha value is -6.11. The standard InChI is InChI=1S/C45H35N2O.C18H22GeN.Ir/c1-27(2)36-24-32(29-13-6-5-7-14-29)25-37(28(3)4)43(36)47-41-20-11-10-19-40(41)46-45(47)35-18-12-17-34-39-23-31-22-21-30-15-8-9-16-33(30)38(31)26-42(39)48-44(34)35;1-19(2)12-10-15(11-13-19)17-8-9-18(20-14-17)16-6-4-3-5-7-16;/h5-17,19-28H,1-4H3;3-6,8-9,14-15H,10-13H2,1-2H3;/q2*-1;/i;15D;. The van der Waals surface area contributed by atoms with Gasteiger partial charge in [-0.15, -0.1) is 18.2 Å². The summed E-state index contributed by atoms with van der Waals surface area (Å²) in [6.07, 6.45) is 3.94. The van der Waals surface area contributed by atoms with Crippen LogP contribution in [0.1, 0.15) is 76.3 Å². The van der Waals surface area contributed by atoms with E-state index in [1.807, 2.05) is 42.6 Å². The SMILES string of the molecule is CC(C)c1cc(-c2ccccc2)cc(C(C)C)c1-n1c(-c2[c-]ccc3c2oc2cc4c(ccc5ccccc54)cc23)nc2ccccc21.[2H]C1(c2ccc(-c3[c-]cccc3)nc2)C[CH2][Ge]([CH3])([CH3])[CH2]C1.[Ir]. The molecule has 0 amide bonds. The number of rotatable bonds is 7. The molecule has 0 spiro atoms. The molecular formula is C63H57GeIrN3O-2. The van der Waals surface area contributed by atoms with E-state index in [-0.39, 0.29) is 31.9 Å². The summed E-state index contributed by atoms with van der Waals surface area (Å²) in [6.45, 7) is 9.15. The monoisotopic (exact) mass is 1140 g/mol. The van der Waals surface area contributed by atoms with Crippen molar-refractivity contribution in [2.24, 2.45) is 0 Å². The number of nitrogens with zero attached hydrogens (tertiary/aromatic N) is 3. The molecule has 1 aliphatic heterocycles. The second-order valence-corrected chi connectivity index (χ2v) is 31.1. The Morgan fingerprint density at radius 2 is 1.36 bits per heavy atom. The van der Waals surface area contributed by atoms with Crippen LogP contribution in [0.5, 0.6) is 0 Å². The summed E-state index contributed by atoms with van der Waals surface area (Å²) in [6, 6.07) is 64.3. The normalized spacial score (nSPS) is 14.6. The first kappa shape index (κ1) is 45.3. The van der Waals surface area contributed by atoms with Gasteiger partial charge >= 0.3 is 126 Å². The molecule has 0 bridgehead atoms. The number of hydrogen-bond donors (Lipinski definition) is 0. The number of benzene rings is 8. The molecule has 0 N–H and O–H groups in total. The van der Waals surface area contributed by atoms with Gasteiger partial charge in [-0.05, 0) is 92.0 Å². The summed E-state index contributed by atoms with van der Waals surface area (Å²) < 4.78 is 18.0. The number of pyridine rings is 1.